The van der Waals surface area contributed by atoms with E-state index in [0.717, 1.165) is 5.69 Å². The van der Waals surface area contributed by atoms with Gasteiger partial charge in [-0.2, -0.15) is 4.31 Å². The molecule has 0 aliphatic carbocycles. The zero-order chi connectivity index (χ0) is 23.3. The monoisotopic (exact) mass is 454 g/mol. The van der Waals surface area contributed by atoms with E-state index in [1.807, 2.05) is 26.0 Å². The topological polar surface area (TPSA) is 113 Å². The Morgan fingerprint density at radius 2 is 1.34 bits per heavy atom. The van der Waals surface area contributed by atoms with E-state index in [2.05, 4.69) is 46.6 Å². The summed E-state index contributed by atoms with van der Waals surface area (Å²) in [5.41, 5.74) is 9.43. The molecule has 8 nitrogen and oxygen atoms in total. The Balaban J connectivity index is 1.77. The lowest BCUT2D eigenvalue weighted by Gasteiger charge is -2.18. The van der Waals surface area contributed by atoms with Crippen molar-refractivity contribution in [3.8, 4) is 0 Å². The van der Waals surface area contributed by atoms with Crippen LogP contribution in [0.3, 0.4) is 0 Å². The molecule has 0 fully saturated rings. The van der Waals surface area contributed by atoms with E-state index in [4.69, 9.17) is 5.73 Å². The highest BCUT2D eigenvalue weighted by atomic mass is 32.2. The van der Waals surface area contributed by atoms with Crippen LogP contribution in [0, 0.1) is 0 Å². The summed E-state index contributed by atoms with van der Waals surface area (Å²) in [6.07, 6.45) is 1.42. The molecule has 0 unspecified atom stereocenters. The molecule has 0 aliphatic rings. The van der Waals surface area contributed by atoms with E-state index in [1.165, 1.54) is 16.2 Å². The smallest absolute Gasteiger partial charge is 0.243 e. The Labute approximate surface area is 189 Å². The second kappa shape index (κ2) is 9.97. The molecule has 9 heteroatoms. The lowest BCUT2D eigenvalue weighted by Crippen LogP contribution is -2.30. The molecule has 0 saturated carbocycles. The van der Waals surface area contributed by atoms with E-state index in [1.54, 1.807) is 24.3 Å². The van der Waals surface area contributed by atoms with Crippen molar-refractivity contribution in [3.05, 3.63) is 60.4 Å². The summed E-state index contributed by atoms with van der Waals surface area (Å²) in [7, 11) is -3.50. The molecule has 0 saturated heterocycles. The van der Waals surface area contributed by atoms with Gasteiger partial charge in [-0.1, -0.05) is 39.8 Å². The number of sulfonamides is 1. The molecular weight excluding hydrogens is 424 g/mol. The Kier molecular flexibility index (Phi) is 7.32. The van der Waals surface area contributed by atoms with E-state index in [9.17, 15) is 8.42 Å². The second-order valence-corrected chi connectivity index (χ2v) is 9.56. The maximum atomic E-state index is 12.7. The number of anilines is 5. The number of nitrogens with two attached hydrogens (primary N) is 1. The van der Waals surface area contributed by atoms with Crippen LogP contribution < -0.4 is 16.4 Å². The van der Waals surface area contributed by atoms with Crippen LogP contribution in [0.25, 0.3) is 0 Å². The maximum absolute atomic E-state index is 12.7. The number of hydrogen-bond donors (Lipinski definition) is 3. The van der Waals surface area contributed by atoms with Gasteiger partial charge in [0.25, 0.3) is 0 Å². The van der Waals surface area contributed by atoms with Crippen molar-refractivity contribution in [2.75, 3.05) is 29.5 Å². The highest BCUT2D eigenvalue weighted by Gasteiger charge is 2.21. The number of aromatic nitrogens is 2. The van der Waals surface area contributed by atoms with Gasteiger partial charge in [0.05, 0.1) is 4.90 Å². The number of nitrogens with one attached hydrogen (secondary N) is 2. The molecule has 0 bridgehead atoms. The molecule has 0 radical (unpaired) electrons. The summed E-state index contributed by atoms with van der Waals surface area (Å²) in [6, 6.07) is 14.6. The van der Waals surface area contributed by atoms with Crippen LogP contribution in [-0.2, 0) is 10.0 Å². The van der Waals surface area contributed by atoms with Crippen molar-refractivity contribution in [1.82, 2.24) is 14.3 Å². The zero-order valence-electron chi connectivity index (χ0n) is 18.8. The third kappa shape index (κ3) is 5.17. The van der Waals surface area contributed by atoms with E-state index in [0.29, 0.717) is 42.0 Å². The zero-order valence-corrected chi connectivity index (χ0v) is 19.6. The number of nitrogens with zero attached hydrogens (tertiary/aromatic N) is 3. The minimum absolute atomic E-state index is 0.245. The summed E-state index contributed by atoms with van der Waals surface area (Å²) in [6.45, 7) is 8.78. The standard InChI is InChI=1S/C23H30N6O2S/c1-5-29(6-2)32(30,31)20-13-11-19(12-14-20)28-23-21(24)22(25-15-26-23)27-18-9-7-17(8-10-18)16(3)4/h7-16H,5-6,24H2,1-4H3,(H2,25,26,27,28). The lowest BCUT2D eigenvalue weighted by molar-refractivity contribution is 0.445. The number of nitrogen functional groups attached to an aromatic ring is 1. The molecular formula is C23H30N6O2S. The van der Waals surface area contributed by atoms with Crippen LogP contribution >= 0.6 is 0 Å². The highest BCUT2D eigenvalue weighted by Crippen LogP contribution is 2.29. The van der Waals surface area contributed by atoms with Crippen LogP contribution in [0.1, 0.15) is 39.2 Å². The highest BCUT2D eigenvalue weighted by molar-refractivity contribution is 7.89. The molecule has 0 aliphatic heterocycles. The first-order chi connectivity index (χ1) is 15.3. The van der Waals surface area contributed by atoms with E-state index < -0.39 is 10.0 Å². The first kappa shape index (κ1) is 23.5. The minimum atomic E-state index is -3.50. The first-order valence-electron chi connectivity index (χ1n) is 10.6. The minimum Gasteiger partial charge on any atom is -0.393 e. The first-order valence-corrected chi connectivity index (χ1v) is 12.0. The van der Waals surface area contributed by atoms with Crippen LogP contribution in [-0.4, -0.2) is 35.8 Å². The second-order valence-electron chi connectivity index (χ2n) is 7.62. The summed E-state index contributed by atoms with van der Waals surface area (Å²) in [4.78, 5) is 8.72. The van der Waals surface area contributed by atoms with Crippen molar-refractivity contribution >= 4 is 38.7 Å². The average Bonchev–Trinajstić information content (AvgIpc) is 2.78. The van der Waals surface area contributed by atoms with Gasteiger partial charge in [-0.25, -0.2) is 18.4 Å². The Morgan fingerprint density at radius 1 is 0.875 bits per heavy atom. The Bertz CT molecular complexity index is 1140. The largest absolute Gasteiger partial charge is 0.393 e. The molecule has 0 atom stereocenters. The molecule has 3 rings (SSSR count). The summed E-state index contributed by atoms with van der Waals surface area (Å²) < 4.78 is 26.7. The van der Waals surface area contributed by atoms with Gasteiger partial charge in [0.2, 0.25) is 10.0 Å². The fourth-order valence-electron chi connectivity index (χ4n) is 3.24. The van der Waals surface area contributed by atoms with Gasteiger partial charge < -0.3 is 16.4 Å². The molecule has 0 amide bonds. The summed E-state index contributed by atoms with van der Waals surface area (Å²) in [5, 5.41) is 6.35. The van der Waals surface area contributed by atoms with Gasteiger partial charge in [0.1, 0.15) is 12.0 Å². The Morgan fingerprint density at radius 3 is 1.78 bits per heavy atom. The summed E-state index contributed by atoms with van der Waals surface area (Å²) >= 11 is 0. The van der Waals surface area contributed by atoms with Crippen LogP contribution in [0.5, 0.6) is 0 Å². The number of hydrogen-bond acceptors (Lipinski definition) is 7. The predicted molar refractivity (Wildman–Crippen MR) is 130 cm³/mol. The van der Waals surface area contributed by atoms with Crippen molar-refractivity contribution < 1.29 is 8.42 Å². The molecule has 32 heavy (non-hydrogen) atoms. The van der Waals surface area contributed by atoms with Gasteiger partial charge in [-0.3, -0.25) is 0 Å². The third-order valence-electron chi connectivity index (χ3n) is 5.18. The molecule has 170 valence electrons. The summed E-state index contributed by atoms with van der Waals surface area (Å²) in [5.74, 6) is 1.37. The number of rotatable bonds is 9. The molecule has 4 N–H and O–H groups in total. The van der Waals surface area contributed by atoms with Gasteiger partial charge in [-0.15, -0.1) is 0 Å². The van der Waals surface area contributed by atoms with Crippen molar-refractivity contribution in [1.29, 1.82) is 0 Å². The van der Waals surface area contributed by atoms with Gasteiger partial charge in [0.15, 0.2) is 11.6 Å². The SMILES string of the molecule is CCN(CC)S(=O)(=O)c1ccc(Nc2ncnc(Nc3ccc(C(C)C)cc3)c2N)cc1. The van der Waals surface area contributed by atoms with E-state index >= 15 is 0 Å². The van der Waals surface area contributed by atoms with Crippen molar-refractivity contribution in [2.45, 2.75) is 38.5 Å². The van der Waals surface area contributed by atoms with Gasteiger partial charge in [-0.05, 0) is 47.9 Å². The van der Waals surface area contributed by atoms with Crippen LogP contribution in [0.15, 0.2) is 59.8 Å². The Hall–Kier alpha value is -3.17. The van der Waals surface area contributed by atoms with Crippen LogP contribution in [0.4, 0.5) is 28.7 Å². The maximum Gasteiger partial charge on any atom is 0.243 e. The predicted octanol–water partition coefficient (Wildman–Crippen LogP) is 4.70. The molecule has 1 aromatic heterocycles. The molecule has 3 aromatic rings. The number of benzene rings is 2. The molecule has 1 heterocycles. The van der Waals surface area contributed by atoms with Gasteiger partial charge >= 0.3 is 0 Å². The molecule has 0 spiro atoms. The van der Waals surface area contributed by atoms with Crippen molar-refractivity contribution in [2.24, 2.45) is 0 Å². The third-order valence-corrected chi connectivity index (χ3v) is 7.25. The van der Waals surface area contributed by atoms with Gasteiger partial charge in [0, 0.05) is 24.5 Å². The molecule has 2 aromatic carbocycles. The van der Waals surface area contributed by atoms with Crippen molar-refractivity contribution in [3.63, 3.8) is 0 Å². The average molecular weight is 455 g/mol. The fourth-order valence-corrected chi connectivity index (χ4v) is 4.70. The normalized spacial score (nSPS) is 11.7. The fraction of sp³-hybridized carbons (Fsp3) is 0.304. The quantitative estimate of drug-likeness (QED) is 0.429. The van der Waals surface area contributed by atoms with Crippen LogP contribution in [0.2, 0.25) is 0 Å². The van der Waals surface area contributed by atoms with E-state index in [-0.39, 0.29) is 4.90 Å². The lowest BCUT2D eigenvalue weighted by atomic mass is 10.0.